The molecule has 0 radical (unpaired) electrons. The number of aromatic nitrogens is 4. The lowest BCUT2D eigenvalue weighted by molar-refractivity contribution is -0.138. The number of aryl methyl sites for hydroxylation is 1. The summed E-state index contributed by atoms with van der Waals surface area (Å²) in [5.41, 5.74) is 6.98. The third-order valence-corrected chi connectivity index (χ3v) is 9.46. The summed E-state index contributed by atoms with van der Waals surface area (Å²) in [5, 5.41) is 4.37. The fourth-order valence-corrected chi connectivity index (χ4v) is 7.72. The van der Waals surface area contributed by atoms with Gasteiger partial charge < -0.3 is 14.8 Å². The lowest BCUT2D eigenvalue weighted by Crippen LogP contribution is -2.46. The summed E-state index contributed by atoms with van der Waals surface area (Å²) in [5.74, 6) is 1.50. The van der Waals surface area contributed by atoms with Gasteiger partial charge in [-0.1, -0.05) is 13.8 Å². The molecule has 2 aliphatic rings. The van der Waals surface area contributed by atoms with Gasteiger partial charge in [0, 0.05) is 36.3 Å². The molecule has 4 aromatic rings. The van der Waals surface area contributed by atoms with Gasteiger partial charge in [0.25, 0.3) is 0 Å². The van der Waals surface area contributed by atoms with Crippen molar-refractivity contribution in [3.05, 3.63) is 40.7 Å². The molecule has 36 heavy (non-hydrogen) atoms. The van der Waals surface area contributed by atoms with Crippen molar-refractivity contribution in [3.63, 3.8) is 0 Å². The third kappa shape index (κ3) is 4.14. The summed E-state index contributed by atoms with van der Waals surface area (Å²) in [7, 11) is 2.13. The number of pyridine rings is 1. The van der Waals surface area contributed by atoms with E-state index in [9.17, 15) is 4.79 Å². The Balaban J connectivity index is 1.23. The number of H-pyrrole nitrogens is 1. The number of hydrogen-bond donors (Lipinski definition) is 1. The molecule has 6 heterocycles. The Hall–Kier alpha value is -2.71. The molecule has 4 aromatic heterocycles. The van der Waals surface area contributed by atoms with E-state index in [0.29, 0.717) is 17.7 Å². The van der Waals surface area contributed by atoms with E-state index in [1.165, 1.54) is 26.4 Å². The Morgan fingerprint density at radius 1 is 1.17 bits per heavy atom. The second-order valence-electron chi connectivity index (χ2n) is 11.1. The second-order valence-corrected chi connectivity index (χ2v) is 12.2. The topological polar surface area (TPSA) is 69.5 Å². The van der Waals surface area contributed by atoms with Crippen molar-refractivity contribution >= 4 is 33.1 Å². The zero-order valence-corrected chi connectivity index (χ0v) is 22.6. The average Bonchev–Trinajstić information content (AvgIpc) is 3.58. The van der Waals surface area contributed by atoms with Crippen LogP contribution in [-0.2, 0) is 4.79 Å². The van der Waals surface area contributed by atoms with Gasteiger partial charge >= 0.3 is 0 Å². The van der Waals surface area contributed by atoms with Crippen LogP contribution in [0.5, 0.6) is 0 Å². The molecule has 8 heteroatoms. The number of nitrogens with one attached hydrogen (secondary N) is 1. The van der Waals surface area contributed by atoms with Crippen LogP contribution in [0.1, 0.15) is 67.4 Å². The van der Waals surface area contributed by atoms with Crippen molar-refractivity contribution in [2.75, 3.05) is 33.2 Å². The number of hydrogen-bond acceptors (Lipinski definition) is 5. The number of nitrogens with zero attached hydrogens (tertiary/aromatic N) is 5. The molecule has 2 fully saturated rings. The van der Waals surface area contributed by atoms with Crippen molar-refractivity contribution < 1.29 is 4.79 Å². The van der Waals surface area contributed by atoms with Gasteiger partial charge in [-0.15, -0.1) is 11.3 Å². The van der Waals surface area contributed by atoms with Crippen LogP contribution < -0.4 is 0 Å². The molecular weight excluding hydrogens is 468 g/mol. The quantitative estimate of drug-likeness (QED) is 0.403. The Kier molecular flexibility index (Phi) is 6.12. The van der Waals surface area contributed by atoms with E-state index >= 15 is 0 Å². The smallest absolute Gasteiger partial charge is 0.226 e. The molecule has 2 saturated heterocycles. The summed E-state index contributed by atoms with van der Waals surface area (Å²) in [6.07, 6.45) is 7.99. The normalized spacial score (nSPS) is 20.2. The number of rotatable bonds is 4. The lowest BCUT2D eigenvalue weighted by Gasteiger charge is -2.36. The Morgan fingerprint density at radius 2 is 1.97 bits per heavy atom. The Labute approximate surface area is 216 Å². The highest BCUT2D eigenvalue weighted by atomic mass is 32.1. The maximum Gasteiger partial charge on any atom is 0.226 e. The number of carbonyl (C=O) groups excluding carboxylic acids is 1. The minimum absolute atomic E-state index is 0.188. The standard InChI is InChI=1S/C28H36N6OS/c1-17(2)24-25(21-12-18(3)27-29-16-30-34(27)15-21)31-22-13-23(36-26(22)24)19-7-10-33(11-8-19)28(35)20-6-5-9-32(4)14-20/h12-13,15-17,19-20,31H,5-11,14H2,1-4H3. The molecule has 1 unspecified atom stereocenters. The first-order valence-electron chi connectivity index (χ1n) is 13.3. The highest BCUT2D eigenvalue weighted by Gasteiger charge is 2.32. The summed E-state index contributed by atoms with van der Waals surface area (Å²) in [6.45, 7) is 10.4. The van der Waals surface area contributed by atoms with Gasteiger partial charge in [0.15, 0.2) is 5.65 Å². The van der Waals surface area contributed by atoms with Crippen LogP contribution >= 0.6 is 11.3 Å². The van der Waals surface area contributed by atoms with Crippen LogP contribution in [0.2, 0.25) is 0 Å². The van der Waals surface area contributed by atoms with Crippen LogP contribution in [0.4, 0.5) is 0 Å². The zero-order chi connectivity index (χ0) is 25.0. The predicted octanol–water partition coefficient (Wildman–Crippen LogP) is 5.42. The Morgan fingerprint density at radius 3 is 2.72 bits per heavy atom. The molecule has 1 amide bonds. The molecule has 1 N–H and O–H groups in total. The van der Waals surface area contributed by atoms with Crippen molar-refractivity contribution in [1.29, 1.82) is 0 Å². The summed E-state index contributed by atoms with van der Waals surface area (Å²) >= 11 is 1.95. The summed E-state index contributed by atoms with van der Waals surface area (Å²) < 4.78 is 3.24. The van der Waals surface area contributed by atoms with Gasteiger partial charge in [-0.3, -0.25) is 4.79 Å². The SMILES string of the molecule is Cc1cc(-c2[nH]c3cc(C4CCN(C(=O)C5CCCN(C)C5)CC4)sc3c2C(C)C)cn2ncnc12. The molecule has 1 atom stereocenters. The largest absolute Gasteiger partial charge is 0.354 e. The average molecular weight is 505 g/mol. The molecule has 6 rings (SSSR count). The van der Waals surface area contributed by atoms with Crippen LogP contribution in [0, 0.1) is 12.8 Å². The maximum absolute atomic E-state index is 13.1. The van der Waals surface area contributed by atoms with Gasteiger partial charge in [-0.25, -0.2) is 9.50 Å². The lowest BCUT2D eigenvalue weighted by atomic mass is 9.92. The van der Waals surface area contributed by atoms with E-state index in [0.717, 1.165) is 68.6 Å². The van der Waals surface area contributed by atoms with E-state index in [-0.39, 0.29) is 5.92 Å². The van der Waals surface area contributed by atoms with Crippen LogP contribution in [0.25, 0.3) is 27.1 Å². The number of carbonyl (C=O) groups is 1. The van der Waals surface area contributed by atoms with Gasteiger partial charge in [0.05, 0.1) is 21.8 Å². The first kappa shape index (κ1) is 23.7. The first-order chi connectivity index (χ1) is 17.4. The fraction of sp³-hybridized carbons (Fsp3) is 0.536. The van der Waals surface area contributed by atoms with Crippen LogP contribution in [0.3, 0.4) is 0 Å². The fourth-order valence-electron chi connectivity index (χ4n) is 6.24. The number of likely N-dealkylation sites (tertiary alicyclic amines) is 2. The number of thiophene rings is 1. The molecule has 7 nitrogen and oxygen atoms in total. The van der Waals surface area contributed by atoms with Crippen molar-refractivity contribution in [3.8, 4) is 11.3 Å². The van der Waals surface area contributed by atoms with E-state index < -0.39 is 0 Å². The first-order valence-corrected chi connectivity index (χ1v) is 14.1. The highest BCUT2D eigenvalue weighted by Crippen LogP contribution is 2.43. The van der Waals surface area contributed by atoms with Crippen molar-refractivity contribution in [2.24, 2.45) is 5.92 Å². The van der Waals surface area contributed by atoms with Gasteiger partial charge in [0.2, 0.25) is 5.91 Å². The number of piperidine rings is 2. The molecule has 2 aliphatic heterocycles. The predicted molar refractivity (Wildman–Crippen MR) is 146 cm³/mol. The zero-order valence-electron chi connectivity index (χ0n) is 21.8. The van der Waals surface area contributed by atoms with Crippen LogP contribution in [0.15, 0.2) is 24.7 Å². The molecule has 0 saturated carbocycles. The summed E-state index contributed by atoms with van der Waals surface area (Å²) in [4.78, 5) is 27.1. The number of amides is 1. The number of fused-ring (bicyclic) bond motifs is 2. The highest BCUT2D eigenvalue weighted by molar-refractivity contribution is 7.19. The minimum atomic E-state index is 0.188. The monoisotopic (exact) mass is 504 g/mol. The van der Waals surface area contributed by atoms with Crippen molar-refractivity contribution in [1.82, 2.24) is 29.4 Å². The number of aromatic amines is 1. The second kappa shape index (κ2) is 9.30. The minimum Gasteiger partial charge on any atom is -0.354 e. The van der Waals surface area contributed by atoms with E-state index in [1.54, 1.807) is 6.33 Å². The molecule has 0 aliphatic carbocycles. The molecular formula is C28H36N6OS. The van der Waals surface area contributed by atoms with Crippen molar-refractivity contribution in [2.45, 2.75) is 58.3 Å². The van der Waals surface area contributed by atoms with Gasteiger partial charge in [0.1, 0.15) is 6.33 Å². The maximum atomic E-state index is 13.1. The third-order valence-electron chi connectivity index (χ3n) is 8.13. The molecule has 0 aromatic carbocycles. The molecule has 190 valence electrons. The van der Waals surface area contributed by atoms with Crippen LogP contribution in [-0.4, -0.2) is 68.5 Å². The van der Waals surface area contributed by atoms with E-state index in [2.05, 4.69) is 71.0 Å². The van der Waals surface area contributed by atoms with Gasteiger partial charge in [-0.2, -0.15) is 5.10 Å². The molecule has 0 spiro atoms. The molecule has 0 bridgehead atoms. The summed E-state index contributed by atoms with van der Waals surface area (Å²) in [6, 6.07) is 4.58. The van der Waals surface area contributed by atoms with E-state index in [4.69, 9.17) is 0 Å². The Bertz CT molecular complexity index is 1410. The van der Waals surface area contributed by atoms with E-state index in [1.807, 2.05) is 15.9 Å². The van der Waals surface area contributed by atoms with Gasteiger partial charge in [-0.05, 0) is 81.3 Å².